The van der Waals surface area contributed by atoms with Crippen LogP contribution in [0.1, 0.15) is 43.2 Å². The molecule has 2 nitrogen and oxygen atoms in total. The van der Waals surface area contributed by atoms with E-state index < -0.39 is 0 Å². The minimum absolute atomic E-state index is 0.824. The Hall–Kier alpha value is -2.13. The SMILES string of the molecule is S=C(NCCC1=CCCCC1)N(Cc1ccccc1)Cc1ccccc1. The minimum Gasteiger partial charge on any atom is -0.362 e. The molecule has 2 aromatic rings. The van der Waals surface area contributed by atoms with Gasteiger partial charge in [-0.1, -0.05) is 72.3 Å². The third-order valence-corrected chi connectivity index (χ3v) is 5.23. The van der Waals surface area contributed by atoms with Gasteiger partial charge in [-0.05, 0) is 55.4 Å². The zero-order chi connectivity index (χ0) is 18.0. The molecule has 0 unspecified atom stereocenters. The van der Waals surface area contributed by atoms with Crippen molar-refractivity contribution in [1.82, 2.24) is 10.2 Å². The van der Waals surface area contributed by atoms with Gasteiger partial charge in [0.15, 0.2) is 5.11 Å². The average Bonchev–Trinajstić information content (AvgIpc) is 2.70. The van der Waals surface area contributed by atoms with Crippen molar-refractivity contribution in [2.24, 2.45) is 0 Å². The molecule has 3 heteroatoms. The van der Waals surface area contributed by atoms with E-state index in [0.29, 0.717) is 0 Å². The molecule has 1 aliphatic carbocycles. The number of allylic oxidation sites excluding steroid dienone is 1. The largest absolute Gasteiger partial charge is 0.362 e. The van der Waals surface area contributed by atoms with Crippen molar-refractivity contribution in [3.8, 4) is 0 Å². The molecule has 2 aromatic carbocycles. The standard InChI is InChI=1S/C23H28N2S/c26-23(24-17-16-20-10-4-1-5-11-20)25(18-21-12-6-2-7-13-21)19-22-14-8-3-9-15-22/h2-3,6-10,12-15H,1,4-5,11,16-19H2,(H,24,26). The van der Waals surface area contributed by atoms with Crippen LogP contribution in [0.25, 0.3) is 0 Å². The van der Waals surface area contributed by atoms with Gasteiger partial charge >= 0.3 is 0 Å². The van der Waals surface area contributed by atoms with Crippen LogP contribution in [0, 0.1) is 0 Å². The lowest BCUT2D eigenvalue weighted by Crippen LogP contribution is -2.39. The fourth-order valence-corrected chi connectivity index (χ4v) is 3.61. The maximum absolute atomic E-state index is 5.74. The third kappa shape index (κ3) is 5.99. The van der Waals surface area contributed by atoms with Crippen molar-refractivity contribution in [2.75, 3.05) is 6.54 Å². The summed E-state index contributed by atoms with van der Waals surface area (Å²) in [5, 5.41) is 4.33. The summed E-state index contributed by atoms with van der Waals surface area (Å²) in [6.07, 6.45) is 8.70. The molecule has 0 aliphatic heterocycles. The van der Waals surface area contributed by atoms with Gasteiger partial charge in [-0.15, -0.1) is 0 Å². The Morgan fingerprint density at radius 2 is 1.50 bits per heavy atom. The van der Waals surface area contributed by atoms with Crippen LogP contribution in [0.3, 0.4) is 0 Å². The van der Waals surface area contributed by atoms with Crippen LogP contribution in [0.15, 0.2) is 72.3 Å². The Balaban J connectivity index is 1.59. The van der Waals surface area contributed by atoms with E-state index in [0.717, 1.165) is 31.2 Å². The van der Waals surface area contributed by atoms with E-state index in [2.05, 4.69) is 77.0 Å². The Morgan fingerprint density at radius 1 is 0.885 bits per heavy atom. The summed E-state index contributed by atoms with van der Waals surface area (Å²) in [7, 11) is 0. The predicted molar refractivity (Wildman–Crippen MR) is 114 cm³/mol. The molecule has 1 aliphatic rings. The van der Waals surface area contributed by atoms with Crippen molar-refractivity contribution in [2.45, 2.75) is 45.2 Å². The summed E-state index contributed by atoms with van der Waals surface area (Å²) in [5.74, 6) is 0. The molecule has 0 saturated carbocycles. The maximum atomic E-state index is 5.74. The second kappa shape index (κ2) is 10.1. The molecule has 0 heterocycles. The zero-order valence-electron chi connectivity index (χ0n) is 15.4. The van der Waals surface area contributed by atoms with Gasteiger partial charge in [-0.3, -0.25) is 0 Å². The zero-order valence-corrected chi connectivity index (χ0v) is 16.2. The highest BCUT2D eigenvalue weighted by atomic mass is 32.1. The summed E-state index contributed by atoms with van der Waals surface area (Å²) in [6.45, 7) is 2.57. The number of thiocarbonyl (C=S) groups is 1. The summed E-state index contributed by atoms with van der Waals surface area (Å²) in [4.78, 5) is 2.26. The average molecular weight is 365 g/mol. The number of hydrogen-bond acceptors (Lipinski definition) is 1. The summed E-state index contributed by atoms with van der Waals surface area (Å²) in [5.41, 5.74) is 4.15. The molecule has 26 heavy (non-hydrogen) atoms. The summed E-state index contributed by atoms with van der Waals surface area (Å²) < 4.78 is 0. The number of nitrogens with one attached hydrogen (secondary N) is 1. The van der Waals surface area contributed by atoms with Crippen molar-refractivity contribution in [3.63, 3.8) is 0 Å². The quantitative estimate of drug-likeness (QED) is 0.519. The molecule has 0 aromatic heterocycles. The highest BCUT2D eigenvalue weighted by molar-refractivity contribution is 7.80. The van der Waals surface area contributed by atoms with Crippen LogP contribution in [-0.2, 0) is 13.1 Å². The van der Waals surface area contributed by atoms with E-state index >= 15 is 0 Å². The molecule has 0 atom stereocenters. The molecular formula is C23H28N2S. The highest BCUT2D eigenvalue weighted by Crippen LogP contribution is 2.19. The van der Waals surface area contributed by atoms with E-state index in [4.69, 9.17) is 12.2 Å². The topological polar surface area (TPSA) is 15.3 Å². The molecule has 1 N–H and O–H groups in total. The molecule has 0 fully saturated rings. The fraction of sp³-hybridized carbons (Fsp3) is 0.348. The van der Waals surface area contributed by atoms with Gasteiger partial charge in [-0.2, -0.15) is 0 Å². The van der Waals surface area contributed by atoms with E-state index in [1.54, 1.807) is 5.57 Å². The van der Waals surface area contributed by atoms with Gasteiger partial charge in [0.05, 0.1) is 0 Å². The highest BCUT2D eigenvalue weighted by Gasteiger charge is 2.11. The minimum atomic E-state index is 0.824. The van der Waals surface area contributed by atoms with Crippen molar-refractivity contribution >= 4 is 17.3 Å². The molecule has 3 rings (SSSR count). The van der Waals surface area contributed by atoms with Crippen LogP contribution in [0.5, 0.6) is 0 Å². The first-order chi connectivity index (χ1) is 12.8. The van der Waals surface area contributed by atoms with Crippen LogP contribution >= 0.6 is 12.2 Å². The van der Waals surface area contributed by atoms with E-state index in [-0.39, 0.29) is 0 Å². The van der Waals surface area contributed by atoms with Crippen LogP contribution < -0.4 is 5.32 Å². The number of hydrogen-bond donors (Lipinski definition) is 1. The summed E-state index contributed by atoms with van der Waals surface area (Å²) in [6, 6.07) is 21.1. The Morgan fingerprint density at radius 3 is 2.04 bits per heavy atom. The lowest BCUT2D eigenvalue weighted by atomic mass is 9.97. The first-order valence-electron chi connectivity index (χ1n) is 9.60. The molecule has 0 bridgehead atoms. The first kappa shape index (κ1) is 18.7. The fourth-order valence-electron chi connectivity index (χ4n) is 3.38. The van der Waals surface area contributed by atoms with Crippen molar-refractivity contribution in [3.05, 3.63) is 83.4 Å². The Bertz CT molecular complexity index is 668. The number of rotatable bonds is 7. The van der Waals surface area contributed by atoms with Gasteiger partial charge in [0.1, 0.15) is 0 Å². The van der Waals surface area contributed by atoms with E-state index in [9.17, 15) is 0 Å². The second-order valence-electron chi connectivity index (χ2n) is 6.92. The Labute approximate surface area is 162 Å². The predicted octanol–water partition coefficient (Wildman–Crippen LogP) is 5.45. The van der Waals surface area contributed by atoms with Gasteiger partial charge in [0, 0.05) is 19.6 Å². The van der Waals surface area contributed by atoms with E-state index in [1.807, 2.05) is 0 Å². The third-order valence-electron chi connectivity index (χ3n) is 4.83. The maximum Gasteiger partial charge on any atom is 0.169 e. The van der Waals surface area contributed by atoms with Gasteiger partial charge < -0.3 is 10.2 Å². The molecular weight excluding hydrogens is 336 g/mol. The molecule has 0 saturated heterocycles. The van der Waals surface area contributed by atoms with Gasteiger partial charge in [0.2, 0.25) is 0 Å². The normalized spacial score (nSPS) is 13.8. The van der Waals surface area contributed by atoms with E-state index in [1.165, 1.54) is 36.8 Å². The lowest BCUT2D eigenvalue weighted by molar-refractivity contribution is 0.399. The smallest absolute Gasteiger partial charge is 0.169 e. The van der Waals surface area contributed by atoms with Gasteiger partial charge in [-0.25, -0.2) is 0 Å². The number of benzene rings is 2. The molecule has 136 valence electrons. The lowest BCUT2D eigenvalue weighted by Gasteiger charge is -2.26. The Kier molecular flexibility index (Phi) is 7.26. The van der Waals surface area contributed by atoms with Crippen LogP contribution in [0.4, 0.5) is 0 Å². The summed E-state index contributed by atoms with van der Waals surface area (Å²) >= 11 is 5.74. The van der Waals surface area contributed by atoms with Crippen molar-refractivity contribution < 1.29 is 0 Å². The molecule has 0 spiro atoms. The first-order valence-corrected chi connectivity index (χ1v) is 10.0. The number of nitrogens with zero attached hydrogens (tertiary/aromatic N) is 1. The van der Waals surface area contributed by atoms with Crippen LogP contribution in [0.2, 0.25) is 0 Å². The monoisotopic (exact) mass is 364 g/mol. The van der Waals surface area contributed by atoms with Gasteiger partial charge in [0.25, 0.3) is 0 Å². The van der Waals surface area contributed by atoms with Crippen LogP contribution in [-0.4, -0.2) is 16.6 Å². The van der Waals surface area contributed by atoms with Crippen molar-refractivity contribution in [1.29, 1.82) is 0 Å². The molecule has 0 amide bonds. The molecule has 0 radical (unpaired) electrons. The second-order valence-corrected chi connectivity index (χ2v) is 7.30.